The lowest BCUT2D eigenvalue weighted by Crippen LogP contribution is -2.62. The Kier molecular flexibility index (Phi) is 7.59. The molecule has 4 unspecified atom stereocenters. The monoisotopic (exact) mass is 444 g/mol. The van der Waals surface area contributed by atoms with Gasteiger partial charge in [-0.3, -0.25) is 15.0 Å². The van der Waals surface area contributed by atoms with Crippen LogP contribution in [0.2, 0.25) is 0 Å². The van der Waals surface area contributed by atoms with E-state index in [1.807, 2.05) is 24.3 Å². The summed E-state index contributed by atoms with van der Waals surface area (Å²) in [6.07, 6.45) is -3.67. The highest BCUT2D eigenvalue weighted by Crippen LogP contribution is 2.30. The highest BCUT2D eigenvalue weighted by Gasteiger charge is 2.40. The van der Waals surface area contributed by atoms with Crippen molar-refractivity contribution in [3.05, 3.63) is 74.1 Å². The summed E-state index contributed by atoms with van der Waals surface area (Å²) in [4.78, 5) is 15.1. The zero-order valence-electron chi connectivity index (χ0n) is 17.0. The predicted molar refractivity (Wildman–Crippen MR) is 115 cm³/mol. The van der Waals surface area contributed by atoms with Crippen LogP contribution in [0.15, 0.2) is 47.6 Å². The lowest BCUT2D eigenvalue weighted by Gasteiger charge is -2.43. The smallest absolute Gasteiger partial charge is 0.292 e. The van der Waals surface area contributed by atoms with Crippen LogP contribution < -0.4 is 5.32 Å². The fourth-order valence-corrected chi connectivity index (χ4v) is 3.69. The van der Waals surface area contributed by atoms with Gasteiger partial charge in [0.1, 0.15) is 17.9 Å². The van der Waals surface area contributed by atoms with E-state index >= 15 is 0 Å². The van der Waals surface area contributed by atoms with Crippen molar-refractivity contribution < 1.29 is 25.3 Å². The van der Waals surface area contributed by atoms with Gasteiger partial charge in [0, 0.05) is 36.3 Å². The lowest BCUT2D eigenvalue weighted by molar-refractivity contribution is -0.383. The van der Waals surface area contributed by atoms with E-state index < -0.39 is 29.3 Å². The molecular weight excluding hydrogens is 420 g/mol. The van der Waals surface area contributed by atoms with E-state index in [9.17, 15) is 30.5 Å². The van der Waals surface area contributed by atoms with Gasteiger partial charge in [0.05, 0.1) is 23.7 Å². The fraction of sp³-hybridized carbons (Fsp3) is 0.400. The Morgan fingerprint density at radius 1 is 1.16 bits per heavy atom. The second-order valence-corrected chi connectivity index (χ2v) is 7.55. The minimum atomic E-state index is -1.30. The summed E-state index contributed by atoms with van der Waals surface area (Å²) in [6, 6.07) is 10.8. The van der Waals surface area contributed by atoms with Crippen molar-refractivity contribution in [3.63, 3.8) is 0 Å². The van der Waals surface area contributed by atoms with Crippen molar-refractivity contribution in [2.24, 2.45) is 5.11 Å². The van der Waals surface area contributed by atoms with E-state index in [4.69, 9.17) is 5.53 Å². The van der Waals surface area contributed by atoms with Crippen LogP contribution in [0.3, 0.4) is 0 Å². The summed E-state index contributed by atoms with van der Waals surface area (Å²) in [5.74, 6) is 0. The number of aliphatic hydroxyl groups is 4. The van der Waals surface area contributed by atoms with Gasteiger partial charge >= 0.3 is 0 Å². The molecule has 3 rings (SSSR count). The van der Waals surface area contributed by atoms with Crippen LogP contribution in [0.5, 0.6) is 0 Å². The Hall–Kier alpha value is -3.25. The van der Waals surface area contributed by atoms with Gasteiger partial charge in [-0.2, -0.15) is 0 Å². The molecule has 0 radical (unpaired) electrons. The number of β-amino-alcohol motifs (C(OH)–C–C–N with tert-alkyl or cyclic N) is 1. The maximum Gasteiger partial charge on any atom is 0.292 e. The number of likely N-dealkylation sites (tertiary alicyclic amines) is 1. The van der Waals surface area contributed by atoms with Crippen molar-refractivity contribution in [1.29, 1.82) is 0 Å². The van der Waals surface area contributed by atoms with Crippen molar-refractivity contribution >= 4 is 17.1 Å². The number of azide groups is 1. The molecule has 12 heteroatoms. The first-order chi connectivity index (χ1) is 15.3. The van der Waals surface area contributed by atoms with Gasteiger partial charge < -0.3 is 25.7 Å². The maximum atomic E-state index is 11.3. The van der Waals surface area contributed by atoms with Gasteiger partial charge in [-0.05, 0) is 22.7 Å². The van der Waals surface area contributed by atoms with Crippen LogP contribution in [0.4, 0.5) is 17.1 Å². The minimum absolute atomic E-state index is 0.113. The number of hydrogen-bond donors (Lipinski definition) is 5. The van der Waals surface area contributed by atoms with Crippen LogP contribution in [0.1, 0.15) is 11.1 Å². The molecule has 0 bridgehead atoms. The van der Waals surface area contributed by atoms with E-state index in [2.05, 4.69) is 15.3 Å². The quantitative estimate of drug-likeness (QED) is 0.133. The SMILES string of the molecule is [N-]=[N+]=Nc1ccc(NCc2ccc(CN3CC(O)C(O)C(O)C3CO)cc2)c([N+](=O)[O-])c1. The summed E-state index contributed by atoms with van der Waals surface area (Å²) in [5.41, 5.74) is 10.4. The molecule has 0 aliphatic carbocycles. The molecule has 0 amide bonds. The zero-order chi connectivity index (χ0) is 23.3. The number of anilines is 1. The van der Waals surface area contributed by atoms with Crippen molar-refractivity contribution in [2.75, 3.05) is 18.5 Å². The summed E-state index contributed by atoms with van der Waals surface area (Å²) in [7, 11) is 0. The van der Waals surface area contributed by atoms with E-state index in [1.54, 1.807) is 4.90 Å². The van der Waals surface area contributed by atoms with Crippen LogP contribution >= 0.6 is 0 Å². The Bertz CT molecular complexity index is 997. The summed E-state index contributed by atoms with van der Waals surface area (Å²) in [5, 5.41) is 57.1. The van der Waals surface area contributed by atoms with E-state index in [1.165, 1.54) is 18.2 Å². The van der Waals surface area contributed by atoms with Gasteiger partial charge in [0.2, 0.25) is 0 Å². The van der Waals surface area contributed by atoms with Gasteiger partial charge in [0.15, 0.2) is 0 Å². The molecule has 2 aromatic rings. The molecule has 1 fully saturated rings. The molecule has 12 nitrogen and oxygen atoms in total. The highest BCUT2D eigenvalue weighted by molar-refractivity contribution is 5.66. The Labute approximate surface area is 183 Å². The molecule has 0 aromatic heterocycles. The third-order valence-electron chi connectivity index (χ3n) is 5.45. The molecule has 0 spiro atoms. The van der Waals surface area contributed by atoms with Crippen molar-refractivity contribution in [3.8, 4) is 0 Å². The molecule has 1 aliphatic rings. The number of nitro groups is 1. The largest absolute Gasteiger partial charge is 0.395 e. The summed E-state index contributed by atoms with van der Waals surface area (Å²) >= 11 is 0. The second-order valence-electron chi connectivity index (χ2n) is 7.55. The van der Waals surface area contributed by atoms with Gasteiger partial charge in [-0.1, -0.05) is 35.4 Å². The second kappa shape index (κ2) is 10.4. The molecule has 1 aliphatic heterocycles. The minimum Gasteiger partial charge on any atom is -0.395 e. The third kappa shape index (κ3) is 5.32. The normalized spacial score (nSPS) is 23.4. The van der Waals surface area contributed by atoms with Crippen LogP contribution in [-0.4, -0.2) is 67.8 Å². The lowest BCUT2D eigenvalue weighted by atomic mass is 9.93. The van der Waals surface area contributed by atoms with Crippen LogP contribution in [-0.2, 0) is 13.1 Å². The number of hydrogen-bond acceptors (Lipinski definition) is 9. The van der Waals surface area contributed by atoms with Crippen LogP contribution in [0, 0.1) is 10.1 Å². The molecule has 1 heterocycles. The Morgan fingerprint density at radius 2 is 1.84 bits per heavy atom. The standard InChI is InChI=1S/C20H24N6O6/c21-24-23-14-5-6-15(16(7-14)26(31)32)22-8-12-1-3-13(4-2-12)9-25-10-18(28)20(30)19(29)17(25)11-27/h1-7,17-20,22,27-30H,8-11H2. The first kappa shape index (κ1) is 23.4. The number of piperidine rings is 1. The van der Waals surface area contributed by atoms with Gasteiger partial charge in [0.25, 0.3) is 5.69 Å². The molecule has 4 atom stereocenters. The Balaban J connectivity index is 1.65. The number of nitro benzene ring substituents is 1. The first-order valence-electron chi connectivity index (χ1n) is 9.88. The molecule has 1 saturated heterocycles. The van der Waals surface area contributed by atoms with E-state index in [0.29, 0.717) is 13.1 Å². The first-order valence-corrected chi connectivity index (χ1v) is 9.88. The van der Waals surface area contributed by atoms with Crippen molar-refractivity contribution in [2.45, 2.75) is 37.4 Å². The van der Waals surface area contributed by atoms with Gasteiger partial charge in [-0.25, -0.2) is 0 Å². The summed E-state index contributed by atoms with van der Waals surface area (Å²) < 4.78 is 0. The highest BCUT2D eigenvalue weighted by atomic mass is 16.6. The Morgan fingerprint density at radius 3 is 2.47 bits per heavy atom. The zero-order valence-corrected chi connectivity index (χ0v) is 17.0. The average Bonchev–Trinajstić information content (AvgIpc) is 2.78. The molecule has 170 valence electrons. The molecule has 2 aromatic carbocycles. The topological polar surface area (TPSA) is 188 Å². The van der Waals surface area contributed by atoms with Gasteiger partial charge in [-0.15, -0.1) is 0 Å². The number of aliphatic hydroxyl groups excluding tert-OH is 4. The predicted octanol–water partition coefficient (Wildman–Crippen LogP) is 1.41. The number of rotatable bonds is 8. The number of nitrogens with zero attached hydrogens (tertiary/aromatic N) is 5. The fourth-order valence-electron chi connectivity index (χ4n) is 3.69. The van der Waals surface area contributed by atoms with E-state index in [0.717, 1.165) is 11.1 Å². The number of benzene rings is 2. The maximum absolute atomic E-state index is 11.3. The molecular formula is C20H24N6O6. The van der Waals surface area contributed by atoms with E-state index in [-0.39, 0.29) is 30.2 Å². The average molecular weight is 444 g/mol. The molecule has 0 saturated carbocycles. The van der Waals surface area contributed by atoms with Crippen LogP contribution in [0.25, 0.3) is 10.4 Å². The number of nitrogens with one attached hydrogen (secondary N) is 1. The van der Waals surface area contributed by atoms with Crippen molar-refractivity contribution in [1.82, 2.24) is 4.90 Å². The molecule has 32 heavy (non-hydrogen) atoms. The third-order valence-corrected chi connectivity index (χ3v) is 5.45. The molecule has 5 N–H and O–H groups in total. The summed E-state index contributed by atoms with van der Waals surface area (Å²) in [6.45, 7) is 0.424.